The van der Waals surface area contributed by atoms with Crippen LogP contribution in [0, 0.1) is 29.1 Å². The Labute approximate surface area is 185 Å². The maximum Gasteiger partial charge on any atom is 0.699 e. The van der Waals surface area contributed by atoms with E-state index >= 15 is 0 Å². The summed E-state index contributed by atoms with van der Waals surface area (Å²) in [5.74, 6) is -13.2. The number of halogens is 5. The van der Waals surface area contributed by atoms with Crippen LogP contribution in [0.4, 0.5) is 22.0 Å². The minimum absolute atomic E-state index is 0.140. The normalized spacial score (nSPS) is 9.75. The van der Waals surface area contributed by atoms with E-state index in [0.29, 0.717) is 0 Å². The molecule has 11 heteroatoms. The van der Waals surface area contributed by atoms with Crippen molar-refractivity contribution in [3.05, 3.63) is 59.4 Å². The lowest BCUT2D eigenvalue weighted by Gasteiger charge is -2.18. The Balaban J connectivity index is 0.00000227. The molecule has 2 rings (SSSR count). The van der Waals surface area contributed by atoms with Crippen molar-refractivity contribution >= 4 is 13.2 Å². The van der Waals surface area contributed by atoms with Crippen LogP contribution in [-0.2, 0) is 9.53 Å². The van der Waals surface area contributed by atoms with Crippen LogP contribution in [0.25, 0.3) is 0 Å². The van der Waals surface area contributed by atoms with E-state index in [1.165, 1.54) is 12.1 Å². The summed E-state index contributed by atoms with van der Waals surface area (Å²) in [6.07, 6.45) is -0.432. The van der Waals surface area contributed by atoms with Crippen molar-refractivity contribution < 1.29 is 40.8 Å². The highest BCUT2D eigenvalue weighted by Crippen LogP contribution is 2.29. The summed E-state index contributed by atoms with van der Waals surface area (Å²) in [7, 11) is -1.77. The van der Waals surface area contributed by atoms with Crippen molar-refractivity contribution in [2.24, 2.45) is 0 Å². The molecule has 0 atom stereocenters. The maximum atomic E-state index is 13.9. The van der Waals surface area contributed by atoms with Gasteiger partial charge in [0.05, 0.1) is 12.6 Å². The van der Waals surface area contributed by atoms with E-state index in [1.807, 2.05) is 27.7 Å². The van der Waals surface area contributed by atoms with Crippen molar-refractivity contribution in [2.75, 3.05) is 6.54 Å². The molecule has 178 valence electrons. The van der Waals surface area contributed by atoms with Gasteiger partial charge in [0, 0.05) is 0 Å². The molecular weight excluding hydrogens is 436 g/mol. The van der Waals surface area contributed by atoms with Gasteiger partial charge in [0.2, 0.25) is 29.1 Å². The van der Waals surface area contributed by atoms with Crippen molar-refractivity contribution in [1.82, 2.24) is 5.23 Å². The highest BCUT2D eigenvalue weighted by atomic mass is 19.2. The summed E-state index contributed by atoms with van der Waals surface area (Å²) in [4.78, 5) is 11.6. The highest BCUT2D eigenvalue weighted by molar-refractivity contribution is 6.43. The van der Waals surface area contributed by atoms with E-state index in [4.69, 9.17) is 14.0 Å². The zero-order chi connectivity index (χ0) is 24.8. The molecule has 5 nitrogen and oxygen atoms in total. The first kappa shape index (κ1) is 29.2. The first-order valence-electron chi connectivity index (χ1n) is 10.0. The van der Waals surface area contributed by atoms with E-state index < -0.39 is 60.7 Å². The number of carbonyl (C=O) groups is 1. The molecule has 0 radical (unpaired) electrons. The molecule has 2 aromatic carbocycles. The molecule has 0 saturated heterocycles. The van der Waals surface area contributed by atoms with E-state index in [1.54, 1.807) is 32.0 Å². The number of nitrogens with one attached hydrogen (secondary N) is 1. The van der Waals surface area contributed by atoms with Gasteiger partial charge in [-0.2, -0.15) is 8.78 Å². The van der Waals surface area contributed by atoms with Gasteiger partial charge >= 0.3 is 13.2 Å². The molecule has 0 aliphatic rings. The van der Waals surface area contributed by atoms with Crippen LogP contribution in [0.3, 0.4) is 0 Å². The molecule has 0 aromatic heterocycles. The number of para-hydroxylation sites is 1. The quantitative estimate of drug-likeness (QED) is 0.186. The van der Waals surface area contributed by atoms with Crippen molar-refractivity contribution in [1.29, 1.82) is 0 Å². The fourth-order valence-corrected chi connectivity index (χ4v) is 2.00. The maximum absolute atomic E-state index is 13.9. The lowest BCUT2D eigenvalue weighted by atomic mass is 10.1. The summed E-state index contributed by atoms with van der Waals surface area (Å²) in [5.41, 5.74) is 0. The second-order valence-corrected chi connectivity index (χ2v) is 5.70. The average molecular weight is 463 g/mol. The van der Waals surface area contributed by atoms with Crippen LogP contribution in [0.15, 0.2) is 30.3 Å². The summed E-state index contributed by atoms with van der Waals surface area (Å²) in [6.45, 7) is 10.7. The lowest BCUT2D eigenvalue weighted by molar-refractivity contribution is -0.145. The SMILES string of the molecule is CC.CC.CC(C)OC(=O)CNB(Oc1ccccc1)Oc1c(F)c(F)c(F)c(F)c1F. The molecule has 0 aliphatic carbocycles. The summed E-state index contributed by atoms with van der Waals surface area (Å²) in [5, 5.41) is 2.34. The number of carbonyl (C=O) groups excluding carboxylic acids is 1. The summed E-state index contributed by atoms with van der Waals surface area (Å²) >= 11 is 0. The predicted molar refractivity (Wildman–Crippen MR) is 112 cm³/mol. The number of benzene rings is 2. The Morgan fingerprint density at radius 1 is 0.844 bits per heavy atom. The minimum atomic E-state index is -2.32. The van der Waals surface area contributed by atoms with E-state index in [2.05, 4.69) is 5.23 Å². The number of hydrogen-bond donors (Lipinski definition) is 1. The molecule has 0 aliphatic heterocycles. The van der Waals surface area contributed by atoms with Crippen LogP contribution in [0.1, 0.15) is 41.5 Å². The molecule has 0 unspecified atom stereocenters. The number of ether oxygens (including phenoxy) is 1. The van der Waals surface area contributed by atoms with Gasteiger partial charge in [-0.15, -0.1) is 0 Å². The number of rotatable bonds is 8. The number of hydrogen-bond acceptors (Lipinski definition) is 5. The van der Waals surface area contributed by atoms with Crippen LogP contribution in [0.5, 0.6) is 11.5 Å². The van der Waals surface area contributed by atoms with Gasteiger partial charge in [0.15, 0.2) is 5.75 Å². The molecule has 0 bridgehead atoms. The summed E-state index contributed by atoms with van der Waals surface area (Å²) in [6, 6.07) is 7.68. The Bertz CT molecular complexity index is 812. The van der Waals surface area contributed by atoms with Crippen molar-refractivity contribution in [3.8, 4) is 11.5 Å². The Hall–Kier alpha value is -2.82. The van der Waals surface area contributed by atoms with Crippen LogP contribution < -0.4 is 14.5 Å². The van der Waals surface area contributed by atoms with Crippen LogP contribution in [-0.4, -0.2) is 25.9 Å². The molecule has 0 amide bonds. The molecule has 32 heavy (non-hydrogen) atoms. The fraction of sp³-hybridized carbons (Fsp3) is 0.381. The lowest BCUT2D eigenvalue weighted by Crippen LogP contribution is -2.48. The minimum Gasteiger partial charge on any atom is -0.512 e. The third kappa shape index (κ3) is 8.74. The van der Waals surface area contributed by atoms with Crippen molar-refractivity contribution in [2.45, 2.75) is 47.6 Å². The topological polar surface area (TPSA) is 56.8 Å². The molecule has 0 saturated carbocycles. The van der Waals surface area contributed by atoms with Gasteiger partial charge in [-0.05, 0) is 26.0 Å². The van der Waals surface area contributed by atoms with Gasteiger partial charge in [-0.1, -0.05) is 45.9 Å². The van der Waals surface area contributed by atoms with Gasteiger partial charge in [-0.25, -0.2) is 13.2 Å². The zero-order valence-electron chi connectivity index (χ0n) is 18.8. The van der Waals surface area contributed by atoms with E-state index in [0.717, 1.165) is 0 Å². The van der Waals surface area contributed by atoms with Gasteiger partial charge in [-0.3, -0.25) is 10.0 Å². The van der Waals surface area contributed by atoms with Crippen molar-refractivity contribution in [3.63, 3.8) is 0 Å². The third-order valence-corrected chi connectivity index (χ3v) is 3.16. The first-order chi connectivity index (χ1) is 15.2. The molecular formula is C21H27BF5NO4. The predicted octanol–water partition coefficient (Wildman–Crippen LogP) is 5.42. The Morgan fingerprint density at radius 3 is 1.78 bits per heavy atom. The average Bonchev–Trinajstić information content (AvgIpc) is 2.80. The monoisotopic (exact) mass is 463 g/mol. The molecule has 0 spiro atoms. The molecule has 1 N–H and O–H groups in total. The first-order valence-corrected chi connectivity index (χ1v) is 10.0. The fourth-order valence-electron chi connectivity index (χ4n) is 2.00. The smallest absolute Gasteiger partial charge is 0.512 e. The molecule has 2 aromatic rings. The van der Waals surface area contributed by atoms with E-state index in [-0.39, 0.29) is 5.75 Å². The highest BCUT2D eigenvalue weighted by Gasteiger charge is 2.33. The van der Waals surface area contributed by atoms with Crippen LogP contribution in [0.2, 0.25) is 0 Å². The molecule has 0 heterocycles. The summed E-state index contributed by atoms with van der Waals surface area (Å²) < 4.78 is 82.6. The Kier molecular flexibility index (Phi) is 13.7. The largest absolute Gasteiger partial charge is 0.699 e. The van der Waals surface area contributed by atoms with Gasteiger partial charge in [0.1, 0.15) is 5.75 Å². The second kappa shape index (κ2) is 15.1. The van der Waals surface area contributed by atoms with E-state index in [9.17, 15) is 26.7 Å². The third-order valence-electron chi connectivity index (χ3n) is 3.16. The number of esters is 1. The standard InChI is InChI=1S/C17H15BF5NO4.2C2H6/c1-9(2)26-11(25)8-24-18(27-10-6-4-3-5-7-10)28-17-15(22)13(20)12(19)14(21)16(17)23;2*1-2/h3-7,9,24H,8H2,1-2H3;2*1-2H3. The van der Waals surface area contributed by atoms with Crippen LogP contribution >= 0.6 is 0 Å². The van der Waals surface area contributed by atoms with Gasteiger partial charge < -0.3 is 14.0 Å². The molecule has 0 fully saturated rings. The second-order valence-electron chi connectivity index (χ2n) is 5.70. The van der Waals surface area contributed by atoms with Gasteiger partial charge in [0.25, 0.3) is 0 Å². The zero-order valence-corrected chi connectivity index (χ0v) is 18.8. The Morgan fingerprint density at radius 2 is 1.31 bits per heavy atom.